The fourth-order valence-corrected chi connectivity index (χ4v) is 2.01. The van der Waals surface area contributed by atoms with Gasteiger partial charge in [-0.15, -0.1) is 0 Å². The molecule has 0 amide bonds. The van der Waals surface area contributed by atoms with Gasteiger partial charge in [0.25, 0.3) is 0 Å². The topological polar surface area (TPSA) is 37.3 Å². The summed E-state index contributed by atoms with van der Waals surface area (Å²) in [4.78, 5) is 10.4. The predicted molar refractivity (Wildman–Crippen MR) is 57.2 cm³/mol. The molecular weight excluding hydrogens is 176 g/mol. The molecule has 1 saturated carbocycles. The van der Waals surface area contributed by atoms with Crippen LogP contribution in [0.2, 0.25) is 0 Å². The summed E-state index contributed by atoms with van der Waals surface area (Å²) >= 11 is 0. The molecule has 1 rings (SSSR count). The van der Waals surface area contributed by atoms with E-state index in [1.807, 2.05) is 0 Å². The molecule has 2 heteroatoms. The SMILES string of the molecule is CC(C=C1CCCCC1)CCC(=O)O. The number of allylic oxidation sites excluding steroid dienone is 2. The second kappa shape index (κ2) is 5.84. The van der Waals surface area contributed by atoms with Gasteiger partial charge in [0.1, 0.15) is 0 Å². The quantitative estimate of drug-likeness (QED) is 0.700. The minimum atomic E-state index is -0.682. The van der Waals surface area contributed by atoms with Crippen molar-refractivity contribution in [2.75, 3.05) is 0 Å². The normalized spacial score (nSPS) is 19.1. The van der Waals surface area contributed by atoms with E-state index in [1.54, 1.807) is 5.57 Å². The third kappa shape index (κ3) is 4.45. The summed E-state index contributed by atoms with van der Waals surface area (Å²) in [5, 5.41) is 8.55. The van der Waals surface area contributed by atoms with Crippen molar-refractivity contribution >= 4 is 5.97 Å². The molecule has 0 saturated heterocycles. The van der Waals surface area contributed by atoms with E-state index in [1.165, 1.54) is 32.1 Å². The molecule has 1 fully saturated rings. The second-order valence-corrected chi connectivity index (χ2v) is 4.30. The molecule has 0 spiro atoms. The Labute approximate surface area is 86.0 Å². The van der Waals surface area contributed by atoms with Crippen LogP contribution >= 0.6 is 0 Å². The first-order valence-electron chi connectivity index (χ1n) is 5.60. The number of carboxylic acids is 1. The lowest BCUT2D eigenvalue weighted by Gasteiger charge is -2.15. The summed E-state index contributed by atoms with van der Waals surface area (Å²) < 4.78 is 0. The van der Waals surface area contributed by atoms with Gasteiger partial charge >= 0.3 is 5.97 Å². The Bertz CT molecular complexity index is 210. The van der Waals surface area contributed by atoms with E-state index in [0.717, 1.165) is 6.42 Å². The Morgan fingerprint density at radius 1 is 1.43 bits per heavy atom. The van der Waals surface area contributed by atoms with Crippen LogP contribution in [0.25, 0.3) is 0 Å². The molecule has 0 aromatic rings. The highest BCUT2D eigenvalue weighted by atomic mass is 16.4. The Morgan fingerprint density at radius 3 is 2.64 bits per heavy atom. The molecule has 0 radical (unpaired) electrons. The van der Waals surface area contributed by atoms with E-state index in [2.05, 4.69) is 13.0 Å². The van der Waals surface area contributed by atoms with Crippen LogP contribution in [-0.2, 0) is 4.79 Å². The number of aliphatic carboxylic acids is 1. The van der Waals surface area contributed by atoms with Crippen molar-refractivity contribution in [2.24, 2.45) is 5.92 Å². The van der Waals surface area contributed by atoms with Gasteiger partial charge in [-0.25, -0.2) is 0 Å². The summed E-state index contributed by atoms with van der Waals surface area (Å²) in [5.74, 6) is -0.252. The van der Waals surface area contributed by atoms with E-state index in [4.69, 9.17) is 5.11 Å². The van der Waals surface area contributed by atoms with Gasteiger partial charge in [0.15, 0.2) is 0 Å². The lowest BCUT2D eigenvalue weighted by Crippen LogP contribution is -2.01. The van der Waals surface area contributed by atoms with E-state index in [-0.39, 0.29) is 0 Å². The van der Waals surface area contributed by atoms with Crippen LogP contribution < -0.4 is 0 Å². The molecule has 1 aliphatic carbocycles. The molecule has 1 unspecified atom stereocenters. The number of rotatable bonds is 4. The van der Waals surface area contributed by atoms with E-state index in [9.17, 15) is 4.79 Å². The molecule has 0 aromatic carbocycles. The van der Waals surface area contributed by atoms with Gasteiger partial charge in [0, 0.05) is 6.42 Å². The Kier molecular flexibility index (Phi) is 4.71. The molecule has 14 heavy (non-hydrogen) atoms. The van der Waals surface area contributed by atoms with Gasteiger partial charge in [0.2, 0.25) is 0 Å². The highest BCUT2D eigenvalue weighted by Gasteiger charge is 2.08. The van der Waals surface area contributed by atoms with Crippen molar-refractivity contribution in [2.45, 2.75) is 51.9 Å². The van der Waals surface area contributed by atoms with Gasteiger partial charge < -0.3 is 5.11 Å². The maximum absolute atomic E-state index is 10.4. The fourth-order valence-electron chi connectivity index (χ4n) is 2.01. The average molecular weight is 196 g/mol. The maximum Gasteiger partial charge on any atom is 0.303 e. The first kappa shape index (κ1) is 11.3. The largest absolute Gasteiger partial charge is 0.481 e. The summed E-state index contributed by atoms with van der Waals surface area (Å²) in [5.41, 5.74) is 1.55. The minimum absolute atomic E-state index is 0.297. The molecule has 0 aliphatic heterocycles. The Morgan fingerprint density at radius 2 is 2.07 bits per heavy atom. The molecule has 80 valence electrons. The van der Waals surface area contributed by atoms with E-state index < -0.39 is 5.97 Å². The predicted octanol–water partition coefficient (Wildman–Crippen LogP) is 3.38. The standard InChI is InChI=1S/C12H20O2/c1-10(7-8-12(13)14)9-11-5-3-2-4-6-11/h9-10H,2-8H2,1H3,(H,13,14). The molecule has 0 bridgehead atoms. The fraction of sp³-hybridized carbons (Fsp3) is 0.750. The number of carbonyl (C=O) groups is 1. The summed E-state index contributed by atoms with van der Waals surface area (Å²) in [6.07, 6.45) is 9.83. The lowest BCUT2D eigenvalue weighted by molar-refractivity contribution is -0.137. The number of hydrogen-bond acceptors (Lipinski definition) is 1. The van der Waals surface area contributed by atoms with Crippen LogP contribution in [0.4, 0.5) is 0 Å². The minimum Gasteiger partial charge on any atom is -0.481 e. The number of carboxylic acid groups (broad SMARTS) is 1. The molecule has 1 N–H and O–H groups in total. The van der Waals surface area contributed by atoms with Gasteiger partial charge in [-0.2, -0.15) is 0 Å². The Balaban J connectivity index is 2.29. The van der Waals surface area contributed by atoms with Gasteiger partial charge in [-0.3, -0.25) is 4.79 Å². The summed E-state index contributed by atoms with van der Waals surface area (Å²) in [6.45, 7) is 2.12. The zero-order valence-corrected chi connectivity index (χ0v) is 8.96. The van der Waals surface area contributed by atoms with Crippen molar-refractivity contribution in [3.05, 3.63) is 11.6 Å². The smallest absolute Gasteiger partial charge is 0.303 e. The Hall–Kier alpha value is -0.790. The van der Waals surface area contributed by atoms with Crippen molar-refractivity contribution in [1.82, 2.24) is 0 Å². The highest BCUT2D eigenvalue weighted by molar-refractivity contribution is 5.66. The lowest BCUT2D eigenvalue weighted by atomic mass is 9.91. The van der Waals surface area contributed by atoms with Crippen LogP contribution in [0, 0.1) is 5.92 Å². The summed E-state index contributed by atoms with van der Waals surface area (Å²) in [7, 11) is 0. The molecule has 1 atom stereocenters. The van der Waals surface area contributed by atoms with Crippen LogP contribution in [0.3, 0.4) is 0 Å². The van der Waals surface area contributed by atoms with Crippen LogP contribution in [0.15, 0.2) is 11.6 Å². The third-order valence-corrected chi connectivity index (χ3v) is 2.83. The van der Waals surface area contributed by atoms with Crippen LogP contribution in [0.5, 0.6) is 0 Å². The molecule has 0 aromatic heterocycles. The van der Waals surface area contributed by atoms with Gasteiger partial charge in [-0.1, -0.05) is 25.0 Å². The van der Waals surface area contributed by atoms with Crippen LogP contribution in [0.1, 0.15) is 51.9 Å². The first-order valence-corrected chi connectivity index (χ1v) is 5.60. The number of hydrogen-bond donors (Lipinski definition) is 1. The average Bonchev–Trinajstić information content (AvgIpc) is 2.16. The maximum atomic E-state index is 10.4. The molecule has 1 aliphatic rings. The molecule has 0 heterocycles. The monoisotopic (exact) mass is 196 g/mol. The van der Waals surface area contributed by atoms with E-state index in [0.29, 0.717) is 12.3 Å². The zero-order valence-electron chi connectivity index (χ0n) is 8.96. The summed E-state index contributed by atoms with van der Waals surface area (Å²) in [6, 6.07) is 0. The van der Waals surface area contributed by atoms with Crippen molar-refractivity contribution in [3.63, 3.8) is 0 Å². The first-order chi connectivity index (χ1) is 6.68. The van der Waals surface area contributed by atoms with E-state index >= 15 is 0 Å². The highest BCUT2D eigenvalue weighted by Crippen LogP contribution is 2.24. The van der Waals surface area contributed by atoms with Crippen molar-refractivity contribution in [3.8, 4) is 0 Å². The molecule has 2 nitrogen and oxygen atoms in total. The zero-order chi connectivity index (χ0) is 10.4. The van der Waals surface area contributed by atoms with Crippen molar-refractivity contribution < 1.29 is 9.90 Å². The van der Waals surface area contributed by atoms with Crippen molar-refractivity contribution in [1.29, 1.82) is 0 Å². The third-order valence-electron chi connectivity index (χ3n) is 2.83. The second-order valence-electron chi connectivity index (χ2n) is 4.30. The van der Waals surface area contributed by atoms with Crippen LogP contribution in [-0.4, -0.2) is 11.1 Å². The van der Waals surface area contributed by atoms with Gasteiger partial charge in [0.05, 0.1) is 0 Å². The van der Waals surface area contributed by atoms with Gasteiger partial charge in [-0.05, 0) is 38.0 Å². The molecular formula is C12H20O2.